The van der Waals surface area contributed by atoms with E-state index in [1.165, 1.54) is 12.8 Å². The zero-order valence-corrected chi connectivity index (χ0v) is 21.0. The fourth-order valence-electron chi connectivity index (χ4n) is 5.60. The zero-order chi connectivity index (χ0) is 22.9. The van der Waals surface area contributed by atoms with Gasteiger partial charge in [-0.2, -0.15) is 0 Å². The Balaban J connectivity index is 0.00000274. The lowest BCUT2D eigenvalue weighted by Crippen LogP contribution is -2.55. The minimum absolute atomic E-state index is 0. The van der Waals surface area contributed by atoms with Gasteiger partial charge in [-0.1, -0.05) is 24.9 Å². The normalized spacial score (nSPS) is 24.3. The minimum Gasteiger partial charge on any atom is -0.497 e. The Bertz CT molecular complexity index is 1150. The van der Waals surface area contributed by atoms with Crippen LogP contribution >= 0.6 is 24.0 Å². The minimum atomic E-state index is -0.397. The number of piperidine rings is 3. The quantitative estimate of drug-likeness (QED) is 0.369. The molecule has 3 fully saturated rings. The molecular formula is C27H30Cl2N2O3. The summed E-state index contributed by atoms with van der Waals surface area (Å²) in [6, 6.07) is 14.9. The van der Waals surface area contributed by atoms with E-state index in [1.54, 1.807) is 37.6 Å². The lowest BCUT2D eigenvalue weighted by Gasteiger charge is -2.51. The number of hydrogen-bond acceptors (Lipinski definition) is 5. The van der Waals surface area contributed by atoms with Crippen LogP contribution in [0.4, 0.5) is 0 Å². The Kier molecular flexibility index (Phi) is 7.66. The maximum absolute atomic E-state index is 13.2. The summed E-state index contributed by atoms with van der Waals surface area (Å²) in [6.45, 7) is 4.39. The molecule has 180 valence electrons. The van der Waals surface area contributed by atoms with Gasteiger partial charge in [0.2, 0.25) is 0 Å². The van der Waals surface area contributed by atoms with E-state index in [2.05, 4.69) is 16.8 Å². The van der Waals surface area contributed by atoms with Gasteiger partial charge in [0.05, 0.1) is 24.2 Å². The molecule has 3 aromatic rings. The number of esters is 1. The van der Waals surface area contributed by atoms with Crippen molar-refractivity contribution in [1.82, 2.24) is 9.88 Å². The number of carbonyl (C=O) groups excluding carboxylic acids is 1. The number of ether oxygens (including phenoxy) is 2. The van der Waals surface area contributed by atoms with Crippen molar-refractivity contribution >= 4 is 40.9 Å². The Hall–Kier alpha value is -2.34. The van der Waals surface area contributed by atoms with Gasteiger partial charge in [0.1, 0.15) is 11.9 Å². The fourth-order valence-corrected chi connectivity index (χ4v) is 5.72. The molecule has 5 atom stereocenters. The van der Waals surface area contributed by atoms with Crippen LogP contribution < -0.4 is 4.74 Å². The first-order chi connectivity index (χ1) is 16.1. The molecule has 3 aliphatic heterocycles. The van der Waals surface area contributed by atoms with E-state index >= 15 is 0 Å². The number of methoxy groups -OCH3 is 1. The smallest absolute Gasteiger partial charge is 0.338 e. The standard InChI is InChI=1S/C27H29ClN2O3.ClH/c1-3-17-16-30-13-11-19(17)14-25(30)26(33-27(31)18-4-6-20(28)7-5-18)22-10-12-29-24-9-8-21(32-2)15-23(22)24;/h4-10,12,15,17,19,25-26H,3,11,13-14,16H2,1-2H3;1H/t17-,19-,25+,26-;/m0./s1. The molecule has 2 bridgehead atoms. The third-order valence-electron chi connectivity index (χ3n) is 7.41. The molecule has 0 radical (unpaired) electrons. The second-order valence-electron chi connectivity index (χ2n) is 9.13. The first-order valence-corrected chi connectivity index (χ1v) is 12.1. The summed E-state index contributed by atoms with van der Waals surface area (Å²) in [5.74, 6) is 1.82. The molecule has 1 unspecified atom stereocenters. The summed E-state index contributed by atoms with van der Waals surface area (Å²) in [5.41, 5.74) is 2.35. The van der Waals surface area contributed by atoms with Crippen molar-refractivity contribution in [1.29, 1.82) is 0 Å². The summed E-state index contributed by atoms with van der Waals surface area (Å²) in [5, 5.41) is 1.55. The molecular weight excluding hydrogens is 471 g/mol. The van der Waals surface area contributed by atoms with Gasteiger partial charge in [-0.15, -0.1) is 12.4 Å². The molecule has 2 aromatic carbocycles. The number of benzene rings is 2. The van der Waals surface area contributed by atoms with Crippen LogP contribution in [0, 0.1) is 11.8 Å². The predicted molar refractivity (Wildman–Crippen MR) is 137 cm³/mol. The highest BCUT2D eigenvalue weighted by Crippen LogP contribution is 2.44. The maximum atomic E-state index is 13.2. The van der Waals surface area contributed by atoms with Gasteiger partial charge in [0.15, 0.2) is 0 Å². The predicted octanol–water partition coefficient (Wildman–Crippen LogP) is 6.34. The summed E-state index contributed by atoms with van der Waals surface area (Å²) >= 11 is 6.03. The van der Waals surface area contributed by atoms with Crippen molar-refractivity contribution in [3.63, 3.8) is 0 Å². The number of fused-ring (bicyclic) bond motifs is 4. The van der Waals surface area contributed by atoms with Crippen LogP contribution in [-0.2, 0) is 4.74 Å². The monoisotopic (exact) mass is 500 g/mol. The van der Waals surface area contributed by atoms with E-state index in [0.29, 0.717) is 16.5 Å². The van der Waals surface area contributed by atoms with E-state index in [-0.39, 0.29) is 24.4 Å². The lowest BCUT2D eigenvalue weighted by atomic mass is 9.72. The van der Waals surface area contributed by atoms with Crippen LogP contribution in [0.15, 0.2) is 54.7 Å². The molecule has 34 heavy (non-hydrogen) atoms. The van der Waals surface area contributed by atoms with Crippen molar-refractivity contribution in [2.24, 2.45) is 11.8 Å². The molecule has 3 aliphatic rings. The molecule has 0 saturated carbocycles. The molecule has 4 heterocycles. The fraction of sp³-hybridized carbons (Fsp3) is 0.407. The second-order valence-corrected chi connectivity index (χ2v) is 9.57. The van der Waals surface area contributed by atoms with E-state index in [4.69, 9.17) is 21.1 Å². The first kappa shape index (κ1) is 24.8. The number of aromatic nitrogens is 1. The maximum Gasteiger partial charge on any atom is 0.338 e. The van der Waals surface area contributed by atoms with Crippen molar-refractivity contribution in [2.45, 2.75) is 38.3 Å². The second kappa shape index (κ2) is 10.5. The Labute approximate surface area is 211 Å². The molecule has 0 aliphatic carbocycles. The summed E-state index contributed by atoms with van der Waals surface area (Å²) in [4.78, 5) is 20.3. The number of pyridine rings is 1. The van der Waals surface area contributed by atoms with Gasteiger partial charge in [-0.25, -0.2) is 4.79 Å². The average molecular weight is 501 g/mol. The van der Waals surface area contributed by atoms with Gasteiger partial charge in [0, 0.05) is 28.7 Å². The van der Waals surface area contributed by atoms with Crippen molar-refractivity contribution in [2.75, 3.05) is 20.2 Å². The Morgan fingerprint density at radius 1 is 1.21 bits per heavy atom. The highest BCUT2D eigenvalue weighted by molar-refractivity contribution is 6.30. The van der Waals surface area contributed by atoms with Crippen molar-refractivity contribution < 1.29 is 14.3 Å². The van der Waals surface area contributed by atoms with Gasteiger partial charge in [0.25, 0.3) is 0 Å². The Morgan fingerprint density at radius 2 is 2.00 bits per heavy atom. The van der Waals surface area contributed by atoms with E-state index < -0.39 is 6.10 Å². The van der Waals surface area contributed by atoms with Gasteiger partial charge >= 0.3 is 5.97 Å². The molecule has 5 nitrogen and oxygen atoms in total. The largest absolute Gasteiger partial charge is 0.497 e. The zero-order valence-electron chi connectivity index (χ0n) is 19.4. The van der Waals surface area contributed by atoms with Gasteiger partial charge in [-0.3, -0.25) is 9.88 Å². The number of rotatable bonds is 6. The van der Waals surface area contributed by atoms with E-state index in [1.807, 2.05) is 24.3 Å². The molecule has 7 heteroatoms. The molecule has 1 aromatic heterocycles. The SMILES string of the molecule is CC[C@H]1CN2CC[C@H]1C[C@@H]2[C@@H](OC(=O)c1ccc(Cl)cc1)c1ccnc2ccc(OC)cc12.Cl. The summed E-state index contributed by atoms with van der Waals surface area (Å²) < 4.78 is 11.8. The highest BCUT2D eigenvalue weighted by atomic mass is 35.5. The average Bonchev–Trinajstić information content (AvgIpc) is 2.87. The first-order valence-electron chi connectivity index (χ1n) is 11.7. The van der Waals surface area contributed by atoms with Crippen LogP contribution in [0.2, 0.25) is 5.02 Å². The molecule has 6 rings (SSSR count). The third-order valence-corrected chi connectivity index (χ3v) is 7.66. The van der Waals surface area contributed by atoms with Crippen LogP contribution in [0.5, 0.6) is 5.75 Å². The molecule has 0 amide bonds. The van der Waals surface area contributed by atoms with Crippen LogP contribution in [0.3, 0.4) is 0 Å². The molecule has 3 saturated heterocycles. The van der Waals surface area contributed by atoms with Gasteiger partial charge < -0.3 is 9.47 Å². The number of carbonyl (C=O) groups is 1. The van der Waals surface area contributed by atoms with Crippen molar-refractivity contribution in [3.05, 3.63) is 70.9 Å². The Morgan fingerprint density at radius 3 is 2.68 bits per heavy atom. The summed E-state index contributed by atoms with van der Waals surface area (Å²) in [6.07, 6.45) is 4.85. The van der Waals surface area contributed by atoms with Gasteiger partial charge in [-0.05, 0) is 79.8 Å². The molecule has 0 spiro atoms. The number of nitrogens with zero attached hydrogens (tertiary/aromatic N) is 2. The van der Waals surface area contributed by atoms with Crippen LogP contribution in [0.25, 0.3) is 10.9 Å². The number of hydrogen-bond donors (Lipinski definition) is 0. The lowest BCUT2D eigenvalue weighted by molar-refractivity contribution is -0.0659. The number of halogens is 2. The van der Waals surface area contributed by atoms with E-state index in [9.17, 15) is 4.79 Å². The van der Waals surface area contributed by atoms with Crippen LogP contribution in [-0.4, -0.2) is 42.1 Å². The third kappa shape index (κ3) is 4.74. The summed E-state index contributed by atoms with van der Waals surface area (Å²) in [7, 11) is 1.66. The topological polar surface area (TPSA) is 51.7 Å². The molecule has 0 N–H and O–H groups in total. The van der Waals surface area contributed by atoms with E-state index in [0.717, 1.165) is 47.6 Å². The van der Waals surface area contributed by atoms with Crippen molar-refractivity contribution in [3.8, 4) is 5.75 Å². The highest BCUT2D eigenvalue weighted by Gasteiger charge is 2.44. The van der Waals surface area contributed by atoms with Crippen LogP contribution in [0.1, 0.15) is 48.2 Å².